The van der Waals surface area contributed by atoms with Gasteiger partial charge in [0.05, 0.1) is 6.61 Å². The van der Waals surface area contributed by atoms with Crippen LogP contribution in [0.3, 0.4) is 0 Å². The number of hydrogen-bond donors (Lipinski definition) is 0. The molecule has 3 aliphatic rings. The Morgan fingerprint density at radius 1 is 0.634 bits per heavy atom. The molecule has 41 heavy (non-hydrogen) atoms. The molecule has 0 N–H and O–H groups in total. The van der Waals surface area contributed by atoms with E-state index in [1.54, 1.807) is 91.1 Å². The van der Waals surface area contributed by atoms with Crippen LogP contribution in [-0.2, 0) is 33.4 Å². The number of esters is 1. The number of ketones is 3. The minimum atomic E-state index is -0.954. The number of cyclic esters (lactones) is 1. The van der Waals surface area contributed by atoms with Crippen molar-refractivity contribution in [2.45, 2.75) is 12.8 Å². The molecule has 0 aromatic rings. The summed E-state index contributed by atoms with van der Waals surface area (Å²) in [5.74, 6) is -2.93. The highest BCUT2D eigenvalue weighted by molar-refractivity contribution is 6.42. The molecule has 3 rings (SSSR count). The van der Waals surface area contributed by atoms with Gasteiger partial charge in [0.1, 0.15) is 17.2 Å². The number of carbonyl (C=O) groups excluding carboxylic acids is 5. The zero-order valence-corrected chi connectivity index (χ0v) is 22.3. The zero-order valence-electron chi connectivity index (χ0n) is 22.3. The van der Waals surface area contributed by atoms with E-state index in [1.807, 2.05) is 6.08 Å². The van der Waals surface area contributed by atoms with Crippen molar-refractivity contribution in [2.75, 3.05) is 13.2 Å². The monoisotopic (exact) mass is 551 g/mol. The second-order valence-electron chi connectivity index (χ2n) is 8.50. The van der Waals surface area contributed by atoms with Gasteiger partial charge in [0.25, 0.3) is 5.78 Å². The van der Waals surface area contributed by atoms with Gasteiger partial charge in [-0.1, -0.05) is 91.1 Å². The lowest BCUT2D eigenvalue weighted by molar-refractivity contribution is -0.147. The number of carbonyl (C=O) groups is 5. The molecule has 3 aliphatic heterocycles. The molecule has 0 saturated heterocycles. The number of amides is 1. The Hall–Kier alpha value is -5.37. The Labute approximate surface area is 238 Å². The van der Waals surface area contributed by atoms with Crippen LogP contribution in [0.25, 0.3) is 0 Å². The normalized spacial score (nSPS) is 26.2. The van der Waals surface area contributed by atoms with Crippen LogP contribution in [0.1, 0.15) is 12.8 Å². The molecule has 8 nitrogen and oxygen atoms in total. The van der Waals surface area contributed by atoms with E-state index in [0.29, 0.717) is 5.76 Å². The lowest BCUT2D eigenvalue weighted by Crippen LogP contribution is -2.41. The molecular weight excluding hydrogens is 522 g/mol. The van der Waals surface area contributed by atoms with Gasteiger partial charge < -0.3 is 9.47 Å². The third-order valence-electron chi connectivity index (χ3n) is 5.45. The molecule has 0 aromatic carbocycles. The summed E-state index contributed by atoms with van der Waals surface area (Å²) in [5, 5.41) is 0. The molecule has 2 bridgehead atoms. The number of fused-ring (bicyclic) bond motifs is 3. The molecule has 0 saturated carbocycles. The molecule has 0 aliphatic carbocycles. The summed E-state index contributed by atoms with van der Waals surface area (Å²) in [5.41, 5.74) is -0.118. The van der Waals surface area contributed by atoms with Crippen LogP contribution in [0.2, 0.25) is 0 Å². The van der Waals surface area contributed by atoms with Crippen LogP contribution in [0.5, 0.6) is 0 Å². The van der Waals surface area contributed by atoms with Crippen molar-refractivity contribution in [3.8, 4) is 0 Å². The van der Waals surface area contributed by atoms with E-state index in [9.17, 15) is 24.0 Å². The molecule has 208 valence electrons. The van der Waals surface area contributed by atoms with Gasteiger partial charge in [0.2, 0.25) is 0 Å². The largest absolute Gasteiger partial charge is 0.461 e. The number of nitrogens with zero attached hydrogens (tertiary/aromatic N) is 1. The smallest absolute Gasteiger partial charge is 0.355 e. The van der Waals surface area contributed by atoms with Crippen LogP contribution >= 0.6 is 0 Å². The fourth-order valence-corrected chi connectivity index (χ4v) is 3.42. The average Bonchev–Trinajstić information content (AvgIpc) is 2.98. The number of ether oxygens (including phenoxy) is 2. The molecule has 3 heterocycles. The van der Waals surface area contributed by atoms with Crippen molar-refractivity contribution in [3.05, 3.63) is 145 Å². The van der Waals surface area contributed by atoms with E-state index in [1.165, 1.54) is 30.4 Å². The Morgan fingerprint density at radius 2 is 1.32 bits per heavy atom. The standard InChI is InChI=1S/C33H29NO7/c35-26-16-9-6-4-2-1-3-5-7-12-19-28-20-15-22-30(41-28)31(37)32(38)34-24-14-13-21-29(34)33(39)40-25-23-27(36)18-11-8-10-17-26/h1-17,19-22H,18,23-25H2/b2-1-,5-3-,6-4-,11-8+,12-7+,16-9+,17-10+,28-19+. The summed E-state index contributed by atoms with van der Waals surface area (Å²) in [6.07, 6.45) is 34.2. The third-order valence-corrected chi connectivity index (χ3v) is 5.45. The lowest BCUT2D eigenvalue weighted by atomic mass is 10.1. The highest BCUT2D eigenvalue weighted by atomic mass is 16.5. The first-order valence-corrected chi connectivity index (χ1v) is 12.9. The summed E-state index contributed by atoms with van der Waals surface area (Å²) in [7, 11) is 0. The summed E-state index contributed by atoms with van der Waals surface area (Å²) < 4.78 is 10.8. The molecular formula is C33H29NO7. The van der Waals surface area contributed by atoms with Gasteiger partial charge in [0, 0.05) is 19.4 Å². The molecule has 0 spiro atoms. The van der Waals surface area contributed by atoms with E-state index in [2.05, 4.69) is 0 Å². The molecule has 0 unspecified atom stereocenters. The third kappa shape index (κ3) is 10.4. The quantitative estimate of drug-likeness (QED) is 0.321. The Morgan fingerprint density at radius 3 is 2.07 bits per heavy atom. The Bertz CT molecular complexity index is 1420. The number of hydrogen-bond acceptors (Lipinski definition) is 7. The molecule has 0 radical (unpaired) electrons. The Balaban J connectivity index is 1.75. The van der Waals surface area contributed by atoms with Crippen LogP contribution in [0.4, 0.5) is 0 Å². The van der Waals surface area contributed by atoms with Gasteiger partial charge in [-0.2, -0.15) is 0 Å². The van der Waals surface area contributed by atoms with Crippen LogP contribution in [0.15, 0.2) is 145 Å². The lowest BCUT2D eigenvalue weighted by Gasteiger charge is -2.24. The number of Topliss-reactive ketones (excluding diaryl/α,β-unsaturated/α-hetero) is 2. The molecule has 8 heteroatoms. The summed E-state index contributed by atoms with van der Waals surface area (Å²) >= 11 is 0. The molecule has 0 aromatic heterocycles. The van der Waals surface area contributed by atoms with Crippen LogP contribution in [-0.4, -0.2) is 47.3 Å². The predicted molar refractivity (Wildman–Crippen MR) is 155 cm³/mol. The van der Waals surface area contributed by atoms with Gasteiger partial charge >= 0.3 is 11.9 Å². The second-order valence-corrected chi connectivity index (χ2v) is 8.50. The van der Waals surface area contributed by atoms with Crippen molar-refractivity contribution < 1.29 is 33.4 Å². The first kappa shape index (κ1) is 30.2. The van der Waals surface area contributed by atoms with Crippen molar-refractivity contribution in [1.29, 1.82) is 0 Å². The number of rotatable bonds is 0. The predicted octanol–water partition coefficient (Wildman–Crippen LogP) is 4.56. The van der Waals surface area contributed by atoms with Gasteiger partial charge in [-0.25, -0.2) is 4.79 Å². The van der Waals surface area contributed by atoms with Crippen molar-refractivity contribution in [3.63, 3.8) is 0 Å². The minimum Gasteiger partial charge on any atom is -0.461 e. The van der Waals surface area contributed by atoms with Gasteiger partial charge in [0.15, 0.2) is 11.5 Å². The Kier molecular flexibility index (Phi) is 12.2. The average molecular weight is 552 g/mol. The molecule has 0 atom stereocenters. The first-order valence-electron chi connectivity index (χ1n) is 12.9. The molecule has 0 fully saturated rings. The SMILES string of the molecule is O=C1/C=C/C=C\C=C/C=C\C=C\C=C2/C=CC=C(O2)C(=O)C(=O)N2CC=CC=C2C(=O)OCCC(=O)C/C=C/C=C/1. The fourth-order valence-electron chi connectivity index (χ4n) is 3.42. The molecule has 1 amide bonds. The second kappa shape index (κ2) is 16.6. The summed E-state index contributed by atoms with van der Waals surface area (Å²) in [6.45, 7) is -0.202. The summed E-state index contributed by atoms with van der Waals surface area (Å²) in [4.78, 5) is 63.6. The van der Waals surface area contributed by atoms with Gasteiger partial charge in [-0.15, -0.1) is 0 Å². The van der Waals surface area contributed by atoms with Crippen LogP contribution in [0, 0.1) is 0 Å². The van der Waals surface area contributed by atoms with Gasteiger partial charge in [-0.3, -0.25) is 24.1 Å². The van der Waals surface area contributed by atoms with E-state index in [0.717, 1.165) is 4.90 Å². The number of allylic oxidation sites excluding steroid dienone is 20. The maximum Gasteiger partial charge on any atom is 0.355 e. The van der Waals surface area contributed by atoms with Crippen LogP contribution < -0.4 is 0 Å². The van der Waals surface area contributed by atoms with E-state index >= 15 is 0 Å². The maximum absolute atomic E-state index is 13.0. The van der Waals surface area contributed by atoms with E-state index in [-0.39, 0.29) is 49.0 Å². The van der Waals surface area contributed by atoms with E-state index in [4.69, 9.17) is 9.47 Å². The van der Waals surface area contributed by atoms with Gasteiger partial charge in [-0.05, 0) is 36.5 Å². The maximum atomic E-state index is 13.0. The summed E-state index contributed by atoms with van der Waals surface area (Å²) in [6, 6.07) is 0. The highest BCUT2D eigenvalue weighted by Crippen LogP contribution is 2.19. The minimum absolute atomic E-state index is 0.00777. The van der Waals surface area contributed by atoms with E-state index < -0.39 is 17.7 Å². The topological polar surface area (TPSA) is 107 Å². The highest BCUT2D eigenvalue weighted by Gasteiger charge is 2.32. The van der Waals surface area contributed by atoms with Crippen molar-refractivity contribution in [1.82, 2.24) is 4.90 Å². The van der Waals surface area contributed by atoms with Crippen molar-refractivity contribution in [2.24, 2.45) is 0 Å². The van der Waals surface area contributed by atoms with Crippen molar-refractivity contribution >= 4 is 29.2 Å². The zero-order chi connectivity index (χ0) is 29.3. The fraction of sp³-hybridized carbons (Fsp3) is 0.121. The first-order chi connectivity index (χ1) is 20.0.